The minimum absolute atomic E-state index is 0.419. The lowest BCUT2D eigenvalue weighted by atomic mass is 9.96. The first kappa shape index (κ1) is 13.1. The Hall–Kier alpha value is -0.900. The van der Waals surface area contributed by atoms with Crippen molar-refractivity contribution >= 4 is 0 Å². The molecule has 0 radical (unpaired) electrons. The van der Waals surface area contributed by atoms with Crippen molar-refractivity contribution in [2.45, 2.75) is 57.0 Å². The lowest BCUT2D eigenvalue weighted by molar-refractivity contribution is 0.118. The largest absolute Gasteiger partial charge is 0.380 e. The molecule has 2 unspecified atom stereocenters. The van der Waals surface area contributed by atoms with Crippen LogP contribution in [0, 0.1) is 0 Å². The van der Waals surface area contributed by atoms with Crippen LogP contribution in [0.2, 0.25) is 0 Å². The molecule has 1 aromatic carbocycles. The minimum Gasteiger partial charge on any atom is -0.380 e. The highest BCUT2D eigenvalue weighted by atomic mass is 16.5. The highest BCUT2D eigenvalue weighted by Gasteiger charge is 2.39. The van der Waals surface area contributed by atoms with Gasteiger partial charge in [-0.15, -0.1) is 0 Å². The van der Waals surface area contributed by atoms with E-state index < -0.39 is 0 Å². The molecule has 0 aliphatic carbocycles. The Bertz CT molecular complexity index is 421. The lowest BCUT2D eigenvalue weighted by Gasteiger charge is -2.38. The van der Waals surface area contributed by atoms with E-state index in [9.17, 15) is 0 Å². The maximum Gasteiger partial charge on any atom is 0.0716 e. The maximum atomic E-state index is 6.14. The standard InChI is InChI=1S/C16H24N2O/c1-19-11-13-5-3-2-4-12(13)10-18-15-6-7-16(18)9-14(17)8-15/h2-5,14-16H,6-11,17H2,1H3. The number of hydrogen-bond donors (Lipinski definition) is 1. The van der Waals surface area contributed by atoms with E-state index in [1.54, 1.807) is 7.11 Å². The SMILES string of the molecule is COCc1ccccc1CN1C2CCC1CC(N)C2. The zero-order chi connectivity index (χ0) is 13.2. The Balaban J connectivity index is 1.75. The van der Waals surface area contributed by atoms with Gasteiger partial charge in [0, 0.05) is 31.8 Å². The summed E-state index contributed by atoms with van der Waals surface area (Å²) in [4.78, 5) is 2.68. The summed E-state index contributed by atoms with van der Waals surface area (Å²) >= 11 is 0. The number of nitrogens with two attached hydrogens (primary N) is 1. The Labute approximate surface area is 115 Å². The van der Waals surface area contributed by atoms with Gasteiger partial charge in [0.15, 0.2) is 0 Å². The van der Waals surface area contributed by atoms with Gasteiger partial charge in [-0.05, 0) is 36.8 Å². The number of fused-ring (bicyclic) bond motifs is 2. The molecule has 0 saturated carbocycles. The van der Waals surface area contributed by atoms with Gasteiger partial charge in [-0.2, -0.15) is 0 Å². The van der Waals surface area contributed by atoms with Gasteiger partial charge in [-0.25, -0.2) is 0 Å². The number of nitrogens with zero attached hydrogens (tertiary/aromatic N) is 1. The van der Waals surface area contributed by atoms with Crippen LogP contribution in [0.1, 0.15) is 36.8 Å². The van der Waals surface area contributed by atoms with Gasteiger partial charge in [0.25, 0.3) is 0 Å². The smallest absolute Gasteiger partial charge is 0.0716 e. The molecule has 1 aromatic rings. The van der Waals surface area contributed by atoms with Crippen molar-refractivity contribution in [1.29, 1.82) is 0 Å². The summed E-state index contributed by atoms with van der Waals surface area (Å²) in [6.07, 6.45) is 4.99. The molecule has 2 N–H and O–H groups in total. The van der Waals surface area contributed by atoms with Crippen LogP contribution in [0.4, 0.5) is 0 Å². The maximum absolute atomic E-state index is 6.14. The minimum atomic E-state index is 0.419. The molecule has 2 fully saturated rings. The topological polar surface area (TPSA) is 38.5 Å². The number of hydrogen-bond acceptors (Lipinski definition) is 3. The van der Waals surface area contributed by atoms with Gasteiger partial charge in [0.2, 0.25) is 0 Å². The molecule has 2 aliphatic heterocycles. The first-order valence-corrected chi connectivity index (χ1v) is 7.35. The van der Waals surface area contributed by atoms with E-state index in [1.165, 1.54) is 36.8 Å². The average Bonchev–Trinajstić information content (AvgIpc) is 2.64. The summed E-state index contributed by atoms with van der Waals surface area (Å²) < 4.78 is 5.31. The van der Waals surface area contributed by atoms with E-state index in [0.29, 0.717) is 24.7 Å². The fourth-order valence-corrected chi connectivity index (χ4v) is 3.78. The van der Waals surface area contributed by atoms with E-state index in [0.717, 1.165) is 6.54 Å². The van der Waals surface area contributed by atoms with Crippen LogP contribution in [0.25, 0.3) is 0 Å². The van der Waals surface area contributed by atoms with Crippen LogP contribution >= 0.6 is 0 Å². The molecule has 2 bridgehead atoms. The molecule has 0 spiro atoms. The summed E-state index contributed by atoms with van der Waals surface area (Å²) in [7, 11) is 1.76. The molecule has 2 atom stereocenters. The van der Waals surface area contributed by atoms with Crippen molar-refractivity contribution in [3.05, 3.63) is 35.4 Å². The Kier molecular flexibility index (Phi) is 3.87. The van der Waals surface area contributed by atoms with Crippen molar-refractivity contribution in [1.82, 2.24) is 4.90 Å². The van der Waals surface area contributed by atoms with Gasteiger partial charge >= 0.3 is 0 Å². The summed E-state index contributed by atoms with van der Waals surface area (Å²) in [5.74, 6) is 0. The lowest BCUT2D eigenvalue weighted by Crippen LogP contribution is -2.46. The molecule has 3 heteroatoms. The van der Waals surface area contributed by atoms with E-state index >= 15 is 0 Å². The van der Waals surface area contributed by atoms with Crippen molar-refractivity contribution < 1.29 is 4.74 Å². The first-order valence-electron chi connectivity index (χ1n) is 7.35. The monoisotopic (exact) mass is 260 g/mol. The average molecular weight is 260 g/mol. The summed E-state index contributed by atoms with van der Waals surface area (Å²) in [6.45, 7) is 1.76. The summed E-state index contributed by atoms with van der Waals surface area (Å²) in [5, 5.41) is 0. The summed E-state index contributed by atoms with van der Waals surface area (Å²) in [6, 6.07) is 10.5. The molecule has 3 rings (SSSR count). The molecule has 3 nitrogen and oxygen atoms in total. The molecule has 2 saturated heterocycles. The predicted octanol–water partition coefficient (Wildman–Crippen LogP) is 2.29. The summed E-state index contributed by atoms with van der Waals surface area (Å²) in [5.41, 5.74) is 8.87. The quantitative estimate of drug-likeness (QED) is 0.902. The third kappa shape index (κ3) is 2.69. The predicted molar refractivity (Wildman–Crippen MR) is 76.7 cm³/mol. The van der Waals surface area contributed by atoms with Crippen molar-refractivity contribution in [2.75, 3.05) is 7.11 Å². The van der Waals surface area contributed by atoms with Crippen LogP contribution in [0.3, 0.4) is 0 Å². The fraction of sp³-hybridized carbons (Fsp3) is 0.625. The Morgan fingerprint density at radius 2 is 1.79 bits per heavy atom. The van der Waals surface area contributed by atoms with Crippen LogP contribution in [-0.4, -0.2) is 30.1 Å². The van der Waals surface area contributed by atoms with Crippen LogP contribution < -0.4 is 5.73 Å². The molecule has 2 heterocycles. The zero-order valence-corrected chi connectivity index (χ0v) is 11.7. The van der Waals surface area contributed by atoms with Gasteiger partial charge in [-0.3, -0.25) is 4.90 Å². The molecular formula is C16H24N2O. The molecular weight excluding hydrogens is 236 g/mol. The van der Waals surface area contributed by atoms with E-state index in [-0.39, 0.29) is 0 Å². The number of benzene rings is 1. The van der Waals surface area contributed by atoms with Crippen molar-refractivity contribution in [3.63, 3.8) is 0 Å². The number of piperidine rings is 1. The van der Waals surface area contributed by atoms with Gasteiger partial charge < -0.3 is 10.5 Å². The Morgan fingerprint density at radius 1 is 1.16 bits per heavy atom. The van der Waals surface area contributed by atoms with Gasteiger partial charge in [0.05, 0.1) is 6.61 Å². The van der Waals surface area contributed by atoms with E-state index in [4.69, 9.17) is 10.5 Å². The number of rotatable bonds is 4. The third-order valence-corrected chi connectivity index (χ3v) is 4.69. The number of methoxy groups -OCH3 is 1. The molecule has 104 valence electrons. The van der Waals surface area contributed by atoms with Crippen LogP contribution in [0.15, 0.2) is 24.3 Å². The van der Waals surface area contributed by atoms with Gasteiger partial charge in [-0.1, -0.05) is 24.3 Å². The van der Waals surface area contributed by atoms with Crippen molar-refractivity contribution in [2.24, 2.45) is 5.73 Å². The second-order valence-corrected chi connectivity index (χ2v) is 5.99. The Morgan fingerprint density at radius 3 is 2.42 bits per heavy atom. The highest BCUT2D eigenvalue weighted by Crippen LogP contribution is 2.36. The van der Waals surface area contributed by atoms with Crippen LogP contribution in [0.5, 0.6) is 0 Å². The normalized spacial score (nSPS) is 30.7. The van der Waals surface area contributed by atoms with E-state index in [2.05, 4.69) is 29.2 Å². The second kappa shape index (κ2) is 5.61. The van der Waals surface area contributed by atoms with Crippen LogP contribution in [-0.2, 0) is 17.9 Å². The van der Waals surface area contributed by atoms with E-state index in [1.807, 2.05) is 0 Å². The fourth-order valence-electron chi connectivity index (χ4n) is 3.78. The number of ether oxygens (including phenoxy) is 1. The molecule has 2 aliphatic rings. The van der Waals surface area contributed by atoms with Gasteiger partial charge in [0.1, 0.15) is 0 Å². The highest BCUT2D eigenvalue weighted by molar-refractivity contribution is 5.27. The van der Waals surface area contributed by atoms with Crippen molar-refractivity contribution in [3.8, 4) is 0 Å². The first-order chi connectivity index (χ1) is 9.28. The molecule has 0 aromatic heterocycles. The second-order valence-electron chi connectivity index (χ2n) is 5.99. The molecule has 19 heavy (non-hydrogen) atoms. The third-order valence-electron chi connectivity index (χ3n) is 4.69. The molecule has 0 amide bonds. The zero-order valence-electron chi connectivity index (χ0n) is 11.7.